The highest BCUT2D eigenvalue weighted by Gasteiger charge is 2.55. The van der Waals surface area contributed by atoms with Crippen molar-refractivity contribution in [3.63, 3.8) is 0 Å². The van der Waals surface area contributed by atoms with Crippen LogP contribution in [0.2, 0.25) is 0 Å². The predicted octanol–water partition coefficient (Wildman–Crippen LogP) is 4.75. The van der Waals surface area contributed by atoms with Gasteiger partial charge in [-0.3, -0.25) is 24.2 Å². The van der Waals surface area contributed by atoms with Crippen molar-refractivity contribution in [3.05, 3.63) is 11.6 Å². The summed E-state index contributed by atoms with van der Waals surface area (Å²) in [6, 6.07) is -0.685. The van der Waals surface area contributed by atoms with Gasteiger partial charge in [-0.15, -0.1) is 0 Å². The number of hydrogen-bond acceptors (Lipinski definition) is 5. The minimum Gasteiger partial charge on any atom is -0.311 e. The van der Waals surface area contributed by atoms with E-state index in [2.05, 4.69) is 5.32 Å². The standard InChI is InChI=1S/C28H43N3O4/c1-27(22-13-9-8-10-14-22)24(33)30(2)26(35)31(25(27)34)20-23(32)21-15-18-28(29-19-21)16-11-6-4-3-5-7-12-17-28/h13,21,29H,3-12,14-20H2,1-2H3. The average molecular weight is 486 g/mol. The molecule has 7 heteroatoms. The zero-order valence-corrected chi connectivity index (χ0v) is 21.7. The number of rotatable bonds is 4. The molecule has 1 spiro atoms. The van der Waals surface area contributed by atoms with E-state index in [0.29, 0.717) is 13.0 Å². The van der Waals surface area contributed by atoms with E-state index in [4.69, 9.17) is 0 Å². The second-order valence-corrected chi connectivity index (χ2v) is 11.5. The molecule has 2 aliphatic carbocycles. The molecule has 35 heavy (non-hydrogen) atoms. The minimum absolute atomic E-state index is 0.0864. The SMILES string of the molecule is CN1C(=O)N(CC(=O)C2CCC3(CCCCCCCCC3)NC2)C(=O)C(C)(C2=CCCCC2)C1=O. The van der Waals surface area contributed by atoms with E-state index < -0.39 is 23.3 Å². The Bertz CT molecular complexity index is 861. The molecule has 0 bridgehead atoms. The third-order valence-electron chi connectivity index (χ3n) is 9.13. The van der Waals surface area contributed by atoms with Crippen LogP contribution in [0, 0.1) is 11.3 Å². The van der Waals surface area contributed by atoms with Crippen molar-refractivity contribution >= 4 is 23.6 Å². The van der Waals surface area contributed by atoms with Gasteiger partial charge in [-0.1, -0.05) is 51.0 Å². The Kier molecular flexibility index (Phi) is 8.14. The number of amides is 4. The molecule has 0 aromatic rings. The van der Waals surface area contributed by atoms with Crippen LogP contribution < -0.4 is 5.32 Å². The molecular weight excluding hydrogens is 442 g/mol. The molecule has 2 aliphatic heterocycles. The number of Topliss-reactive ketones (excluding diaryl/α,β-unsaturated/α-hetero) is 1. The van der Waals surface area contributed by atoms with E-state index in [1.165, 1.54) is 52.0 Å². The second-order valence-electron chi connectivity index (χ2n) is 11.5. The third-order valence-corrected chi connectivity index (χ3v) is 9.13. The van der Waals surface area contributed by atoms with Crippen molar-refractivity contribution in [2.75, 3.05) is 20.1 Å². The average Bonchev–Trinajstić information content (AvgIpc) is 2.89. The van der Waals surface area contributed by atoms with E-state index in [-0.39, 0.29) is 23.8 Å². The molecule has 4 rings (SSSR count). The van der Waals surface area contributed by atoms with Gasteiger partial charge >= 0.3 is 6.03 Å². The van der Waals surface area contributed by atoms with Gasteiger partial charge in [0.05, 0.1) is 6.54 Å². The molecule has 1 N–H and O–H groups in total. The van der Waals surface area contributed by atoms with Crippen LogP contribution in [0.1, 0.15) is 103 Å². The first-order valence-corrected chi connectivity index (χ1v) is 13.9. The summed E-state index contributed by atoms with van der Waals surface area (Å²) in [6.07, 6.45) is 18.6. The van der Waals surface area contributed by atoms with Gasteiger partial charge in [0.15, 0.2) is 5.78 Å². The van der Waals surface area contributed by atoms with Gasteiger partial charge in [0.25, 0.3) is 5.91 Å². The Morgan fingerprint density at radius 2 is 1.60 bits per heavy atom. The lowest BCUT2D eigenvalue weighted by Crippen LogP contribution is -2.65. The first-order valence-electron chi connectivity index (χ1n) is 13.9. The molecule has 2 heterocycles. The highest BCUT2D eigenvalue weighted by atomic mass is 16.2. The fraction of sp³-hybridized carbons (Fsp3) is 0.786. The Hall–Kier alpha value is -2.02. The third kappa shape index (κ3) is 5.25. The summed E-state index contributed by atoms with van der Waals surface area (Å²) in [6.45, 7) is 1.98. The van der Waals surface area contributed by atoms with Crippen molar-refractivity contribution in [1.82, 2.24) is 15.1 Å². The molecule has 2 saturated heterocycles. The summed E-state index contributed by atoms with van der Waals surface area (Å²) in [4.78, 5) is 55.0. The quantitative estimate of drug-likeness (QED) is 0.459. The second kappa shape index (κ2) is 10.9. The molecule has 194 valence electrons. The first-order chi connectivity index (χ1) is 16.8. The zero-order chi connectivity index (χ0) is 25.1. The molecule has 4 aliphatic rings. The van der Waals surface area contributed by atoms with E-state index >= 15 is 0 Å². The maximum absolute atomic E-state index is 13.6. The topological polar surface area (TPSA) is 86.8 Å². The number of carbonyl (C=O) groups excluding carboxylic acids is 4. The summed E-state index contributed by atoms with van der Waals surface area (Å²) >= 11 is 0. The lowest BCUT2D eigenvalue weighted by molar-refractivity contribution is -0.155. The maximum Gasteiger partial charge on any atom is 0.333 e. The minimum atomic E-state index is -1.39. The van der Waals surface area contributed by atoms with Crippen molar-refractivity contribution in [2.24, 2.45) is 11.3 Å². The van der Waals surface area contributed by atoms with E-state index in [1.54, 1.807) is 6.92 Å². The Morgan fingerprint density at radius 3 is 2.17 bits per heavy atom. The molecule has 3 fully saturated rings. The number of piperidine rings is 1. The molecule has 0 radical (unpaired) electrons. The number of carbonyl (C=O) groups is 4. The van der Waals surface area contributed by atoms with Crippen LogP contribution >= 0.6 is 0 Å². The molecule has 2 unspecified atom stereocenters. The van der Waals surface area contributed by atoms with Gasteiger partial charge < -0.3 is 5.32 Å². The lowest BCUT2D eigenvalue weighted by atomic mass is 9.73. The molecule has 7 nitrogen and oxygen atoms in total. The van der Waals surface area contributed by atoms with Gasteiger partial charge in [-0.25, -0.2) is 4.79 Å². The highest BCUT2D eigenvalue weighted by Crippen LogP contribution is 2.40. The molecular formula is C28H43N3O4. The van der Waals surface area contributed by atoms with Crippen LogP contribution in [0.25, 0.3) is 0 Å². The van der Waals surface area contributed by atoms with Crippen LogP contribution in [0.5, 0.6) is 0 Å². The molecule has 0 aromatic heterocycles. The number of allylic oxidation sites excluding steroid dienone is 1. The number of nitrogens with zero attached hydrogens (tertiary/aromatic N) is 2. The number of urea groups is 1. The summed E-state index contributed by atoms with van der Waals surface area (Å²) in [5.41, 5.74) is -0.481. The zero-order valence-electron chi connectivity index (χ0n) is 21.7. The van der Waals surface area contributed by atoms with Crippen LogP contribution in [-0.2, 0) is 14.4 Å². The van der Waals surface area contributed by atoms with Gasteiger partial charge in [0.1, 0.15) is 5.41 Å². The molecule has 1 saturated carbocycles. The van der Waals surface area contributed by atoms with Crippen molar-refractivity contribution in [1.29, 1.82) is 0 Å². The summed E-state index contributed by atoms with van der Waals surface area (Å²) in [7, 11) is 1.42. The van der Waals surface area contributed by atoms with E-state index in [0.717, 1.165) is 60.3 Å². The number of nitrogens with one attached hydrogen (secondary N) is 1. The smallest absolute Gasteiger partial charge is 0.311 e. The van der Waals surface area contributed by atoms with E-state index in [1.807, 2.05) is 6.08 Å². The Morgan fingerprint density at radius 1 is 0.943 bits per heavy atom. The Balaban J connectivity index is 1.42. The van der Waals surface area contributed by atoms with Gasteiger partial charge in [-0.2, -0.15) is 0 Å². The number of barbiturate groups is 1. The lowest BCUT2D eigenvalue weighted by Gasteiger charge is -2.44. The molecule has 4 amide bonds. The van der Waals surface area contributed by atoms with Gasteiger partial charge in [0, 0.05) is 25.0 Å². The van der Waals surface area contributed by atoms with Gasteiger partial charge in [-0.05, 0) is 63.9 Å². The van der Waals surface area contributed by atoms with Crippen LogP contribution in [0.15, 0.2) is 11.6 Å². The van der Waals surface area contributed by atoms with Crippen LogP contribution in [0.3, 0.4) is 0 Å². The van der Waals surface area contributed by atoms with Gasteiger partial charge in [0.2, 0.25) is 5.91 Å². The first kappa shape index (κ1) is 26.1. The van der Waals surface area contributed by atoms with Crippen LogP contribution in [0.4, 0.5) is 4.79 Å². The number of hydrogen-bond donors (Lipinski definition) is 1. The number of imide groups is 2. The van der Waals surface area contributed by atoms with Crippen molar-refractivity contribution in [3.8, 4) is 0 Å². The maximum atomic E-state index is 13.6. The summed E-state index contributed by atoms with van der Waals surface area (Å²) in [5.74, 6) is -1.32. The fourth-order valence-electron chi connectivity index (χ4n) is 6.66. The number of ketones is 1. The largest absolute Gasteiger partial charge is 0.333 e. The van der Waals surface area contributed by atoms with Crippen molar-refractivity contribution in [2.45, 2.75) is 109 Å². The Labute approximate surface area is 210 Å². The molecule has 0 aromatic carbocycles. The van der Waals surface area contributed by atoms with E-state index in [9.17, 15) is 19.2 Å². The summed E-state index contributed by atoms with van der Waals surface area (Å²) < 4.78 is 0. The molecule has 2 atom stereocenters. The normalized spacial score (nSPS) is 30.9. The predicted molar refractivity (Wildman–Crippen MR) is 135 cm³/mol. The highest BCUT2D eigenvalue weighted by molar-refractivity contribution is 6.21. The monoisotopic (exact) mass is 485 g/mol. The van der Waals surface area contributed by atoms with Crippen molar-refractivity contribution < 1.29 is 19.2 Å². The fourth-order valence-corrected chi connectivity index (χ4v) is 6.66. The summed E-state index contributed by atoms with van der Waals surface area (Å²) in [5, 5.41) is 3.74. The van der Waals surface area contributed by atoms with Crippen LogP contribution in [-0.4, -0.2) is 59.1 Å².